The molecule has 31 heavy (non-hydrogen) atoms. The fourth-order valence-electron chi connectivity index (χ4n) is 3.16. The number of nitrogens with one attached hydrogen (secondary N) is 1. The largest absolute Gasteiger partial charge is 0.485 e. The summed E-state index contributed by atoms with van der Waals surface area (Å²) in [5.74, 6) is 1.60. The molecule has 3 aromatic carbocycles. The van der Waals surface area contributed by atoms with E-state index < -0.39 is 0 Å². The second-order valence-corrected chi connectivity index (χ2v) is 7.71. The molecule has 0 radical (unpaired) electrons. The van der Waals surface area contributed by atoms with Crippen LogP contribution in [0.2, 0.25) is 0 Å². The monoisotopic (exact) mass is 430 g/mol. The molecule has 0 aliphatic rings. The van der Waals surface area contributed by atoms with Crippen molar-refractivity contribution in [1.82, 2.24) is 14.8 Å². The van der Waals surface area contributed by atoms with Crippen molar-refractivity contribution in [2.45, 2.75) is 18.3 Å². The van der Waals surface area contributed by atoms with E-state index >= 15 is 0 Å². The van der Waals surface area contributed by atoms with E-state index in [1.165, 1.54) is 11.8 Å². The van der Waals surface area contributed by atoms with Gasteiger partial charge >= 0.3 is 0 Å². The van der Waals surface area contributed by atoms with E-state index in [4.69, 9.17) is 4.74 Å². The average molecular weight is 431 g/mol. The lowest BCUT2D eigenvalue weighted by atomic mass is 10.1. The molecule has 7 heteroatoms. The number of para-hydroxylation sites is 1. The van der Waals surface area contributed by atoms with Gasteiger partial charge < -0.3 is 10.1 Å². The number of thioether (sulfide) groups is 1. The maximum atomic E-state index is 12.3. The van der Waals surface area contributed by atoms with Gasteiger partial charge in [0, 0.05) is 17.6 Å². The summed E-state index contributed by atoms with van der Waals surface area (Å²) in [4.78, 5) is 12.3. The van der Waals surface area contributed by atoms with Gasteiger partial charge in [0.1, 0.15) is 12.4 Å². The van der Waals surface area contributed by atoms with Gasteiger partial charge in [0.2, 0.25) is 5.91 Å². The molecule has 1 heterocycles. The van der Waals surface area contributed by atoms with Crippen LogP contribution in [0, 0.1) is 0 Å². The highest BCUT2D eigenvalue weighted by molar-refractivity contribution is 7.99. The van der Waals surface area contributed by atoms with E-state index in [0.29, 0.717) is 17.5 Å². The quantitative estimate of drug-likeness (QED) is 0.301. The summed E-state index contributed by atoms with van der Waals surface area (Å²) >= 11 is 1.33. The van der Waals surface area contributed by atoms with Gasteiger partial charge in [0.25, 0.3) is 0 Å². The highest BCUT2D eigenvalue weighted by Crippen LogP contribution is 2.26. The van der Waals surface area contributed by atoms with E-state index in [1.807, 2.05) is 65.2 Å². The number of anilines is 1. The number of aromatic nitrogens is 3. The highest BCUT2D eigenvalue weighted by atomic mass is 32.2. The van der Waals surface area contributed by atoms with Crippen molar-refractivity contribution in [3.8, 4) is 5.75 Å². The number of carbonyl (C=O) groups is 1. The maximum Gasteiger partial charge on any atom is 0.234 e. The van der Waals surface area contributed by atoms with Crippen LogP contribution >= 0.6 is 11.8 Å². The number of benzene rings is 3. The minimum atomic E-state index is -0.0992. The number of rotatable bonds is 9. The summed E-state index contributed by atoms with van der Waals surface area (Å²) in [6, 6.07) is 23.4. The average Bonchev–Trinajstić information content (AvgIpc) is 3.18. The third kappa shape index (κ3) is 5.13. The number of carbonyl (C=O) groups excluding carboxylic acids is 1. The Morgan fingerprint density at radius 1 is 1.03 bits per heavy atom. The Kier molecular flexibility index (Phi) is 6.64. The third-order valence-corrected chi connectivity index (χ3v) is 5.57. The van der Waals surface area contributed by atoms with E-state index in [-0.39, 0.29) is 18.3 Å². The first kappa shape index (κ1) is 20.7. The van der Waals surface area contributed by atoms with Crippen molar-refractivity contribution < 1.29 is 9.53 Å². The molecule has 0 unspecified atom stereocenters. The van der Waals surface area contributed by atoms with Gasteiger partial charge in [-0.2, -0.15) is 0 Å². The van der Waals surface area contributed by atoms with Crippen LogP contribution in [0.15, 0.2) is 90.6 Å². The Hall–Kier alpha value is -3.58. The summed E-state index contributed by atoms with van der Waals surface area (Å²) in [6.45, 7) is 4.62. The Bertz CT molecular complexity index is 1190. The van der Waals surface area contributed by atoms with Crippen LogP contribution in [0.5, 0.6) is 5.75 Å². The molecule has 0 saturated heterocycles. The molecule has 0 aliphatic carbocycles. The summed E-state index contributed by atoms with van der Waals surface area (Å²) in [5, 5.41) is 14.2. The van der Waals surface area contributed by atoms with E-state index in [9.17, 15) is 4.79 Å². The Balaban J connectivity index is 1.43. The predicted molar refractivity (Wildman–Crippen MR) is 124 cm³/mol. The molecule has 0 atom stereocenters. The van der Waals surface area contributed by atoms with Gasteiger partial charge in [-0.1, -0.05) is 72.4 Å². The molecule has 0 spiro atoms. The minimum Gasteiger partial charge on any atom is -0.485 e. The zero-order valence-electron chi connectivity index (χ0n) is 16.9. The van der Waals surface area contributed by atoms with Gasteiger partial charge in [-0.05, 0) is 23.6 Å². The number of amides is 1. The first-order chi connectivity index (χ1) is 15.2. The van der Waals surface area contributed by atoms with E-state index in [0.717, 1.165) is 22.2 Å². The molecule has 156 valence electrons. The Morgan fingerprint density at radius 3 is 2.65 bits per heavy atom. The first-order valence-corrected chi connectivity index (χ1v) is 10.8. The third-order valence-electron chi connectivity index (χ3n) is 4.60. The van der Waals surface area contributed by atoms with Crippen LogP contribution in [0.4, 0.5) is 5.69 Å². The van der Waals surface area contributed by atoms with Gasteiger partial charge in [0.05, 0.1) is 5.75 Å². The van der Waals surface area contributed by atoms with Gasteiger partial charge in [-0.25, -0.2) is 0 Å². The van der Waals surface area contributed by atoms with Crippen LogP contribution in [0.1, 0.15) is 5.82 Å². The van der Waals surface area contributed by atoms with E-state index in [2.05, 4.69) is 34.2 Å². The SMILES string of the molecule is C=CCn1c(COc2cccc3ccccc23)nnc1SCC(=O)Nc1ccccc1. The van der Waals surface area contributed by atoms with Gasteiger partial charge in [-0.15, -0.1) is 16.8 Å². The molecule has 0 saturated carbocycles. The van der Waals surface area contributed by atoms with Gasteiger partial charge in [-0.3, -0.25) is 9.36 Å². The molecule has 6 nitrogen and oxygen atoms in total. The minimum absolute atomic E-state index is 0.0992. The summed E-state index contributed by atoms with van der Waals surface area (Å²) in [6.07, 6.45) is 1.78. The van der Waals surface area contributed by atoms with Crippen molar-refractivity contribution in [3.05, 3.63) is 91.3 Å². The molecular weight excluding hydrogens is 408 g/mol. The molecule has 1 aromatic heterocycles. The number of fused-ring (bicyclic) bond motifs is 1. The predicted octanol–water partition coefficient (Wildman–Crippen LogP) is 4.93. The van der Waals surface area contributed by atoms with Gasteiger partial charge in [0.15, 0.2) is 11.0 Å². The highest BCUT2D eigenvalue weighted by Gasteiger charge is 2.14. The lowest BCUT2D eigenvalue weighted by Gasteiger charge is -2.11. The van der Waals surface area contributed by atoms with Crippen LogP contribution < -0.4 is 10.1 Å². The molecular formula is C24H22N4O2S. The van der Waals surface area contributed by atoms with Crippen LogP contribution in [-0.2, 0) is 17.9 Å². The molecule has 0 fully saturated rings. The summed E-state index contributed by atoms with van der Waals surface area (Å²) in [5.41, 5.74) is 0.768. The van der Waals surface area contributed by atoms with Crippen LogP contribution in [0.25, 0.3) is 10.8 Å². The van der Waals surface area contributed by atoms with Crippen LogP contribution in [-0.4, -0.2) is 26.4 Å². The fraction of sp³-hybridized carbons (Fsp3) is 0.125. The zero-order chi connectivity index (χ0) is 21.5. The topological polar surface area (TPSA) is 69.0 Å². The number of ether oxygens (including phenoxy) is 1. The first-order valence-electron chi connectivity index (χ1n) is 9.86. The second-order valence-electron chi connectivity index (χ2n) is 6.77. The standard InChI is InChI=1S/C24H22N4O2S/c1-2-15-28-22(16-30-21-14-8-10-18-9-6-7-13-20(18)21)26-27-24(28)31-17-23(29)25-19-11-4-3-5-12-19/h2-14H,1,15-17H2,(H,25,29). The number of hydrogen-bond acceptors (Lipinski definition) is 5. The zero-order valence-corrected chi connectivity index (χ0v) is 17.7. The number of nitrogens with zero attached hydrogens (tertiary/aromatic N) is 3. The number of hydrogen-bond donors (Lipinski definition) is 1. The molecule has 4 rings (SSSR count). The fourth-order valence-corrected chi connectivity index (χ4v) is 3.92. The second kappa shape index (κ2) is 9.95. The maximum absolute atomic E-state index is 12.3. The Morgan fingerprint density at radius 2 is 1.81 bits per heavy atom. The Labute approximate surface area is 185 Å². The van der Waals surface area contributed by atoms with Crippen molar-refractivity contribution in [1.29, 1.82) is 0 Å². The smallest absolute Gasteiger partial charge is 0.234 e. The van der Waals surface area contributed by atoms with Crippen LogP contribution in [0.3, 0.4) is 0 Å². The van der Waals surface area contributed by atoms with E-state index in [1.54, 1.807) is 6.08 Å². The number of allylic oxidation sites excluding steroid dienone is 1. The summed E-state index contributed by atoms with van der Waals surface area (Å²) in [7, 11) is 0. The lowest BCUT2D eigenvalue weighted by Crippen LogP contribution is -2.14. The van der Waals surface area contributed by atoms with Crippen molar-refractivity contribution >= 4 is 34.1 Å². The molecule has 4 aromatic rings. The summed E-state index contributed by atoms with van der Waals surface area (Å²) < 4.78 is 7.98. The molecule has 1 N–H and O–H groups in total. The van der Waals surface area contributed by atoms with Crippen molar-refractivity contribution in [2.75, 3.05) is 11.1 Å². The lowest BCUT2D eigenvalue weighted by molar-refractivity contribution is -0.113. The normalized spacial score (nSPS) is 10.7. The molecule has 0 bridgehead atoms. The molecule has 0 aliphatic heterocycles. The van der Waals surface area contributed by atoms with Crippen molar-refractivity contribution in [2.24, 2.45) is 0 Å². The van der Waals surface area contributed by atoms with Crippen molar-refractivity contribution in [3.63, 3.8) is 0 Å². The molecule has 1 amide bonds.